The minimum atomic E-state index is -3.83. The Morgan fingerprint density at radius 1 is 1.32 bits per heavy atom. The lowest BCUT2D eigenvalue weighted by Crippen LogP contribution is -2.40. The van der Waals surface area contributed by atoms with Crippen molar-refractivity contribution in [2.24, 2.45) is 0 Å². The first-order valence-corrected chi connectivity index (χ1v) is 10.5. The number of hydrogen-bond donors (Lipinski definition) is 1. The van der Waals surface area contributed by atoms with Gasteiger partial charge in [0, 0.05) is 25.4 Å². The number of benzene rings is 1. The molecule has 1 atom stereocenters. The third-order valence-electron chi connectivity index (χ3n) is 3.68. The summed E-state index contributed by atoms with van der Waals surface area (Å²) in [6.45, 7) is 0.955. The van der Waals surface area contributed by atoms with Crippen molar-refractivity contribution in [1.82, 2.24) is 9.62 Å². The highest BCUT2D eigenvalue weighted by Gasteiger charge is 2.36. The second-order valence-electron chi connectivity index (χ2n) is 5.33. The number of nitrogens with zero attached hydrogens (tertiary/aromatic N) is 1. The van der Waals surface area contributed by atoms with Crippen LogP contribution in [-0.4, -0.2) is 53.6 Å². The van der Waals surface area contributed by atoms with Crippen LogP contribution in [0.3, 0.4) is 0 Å². The maximum absolute atomic E-state index is 12.8. The van der Waals surface area contributed by atoms with Gasteiger partial charge in [-0.1, -0.05) is 11.6 Å². The van der Waals surface area contributed by atoms with Crippen molar-refractivity contribution < 1.29 is 16.8 Å². The zero-order valence-corrected chi connectivity index (χ0v) is 14.8. The molecule has 22 heavy (non-hydrogen) atoms. The van der Waals surface area contributed by atoms with Crippen LogP contribution in [0.2, 0.25) is 5.02 Å². The molecular formula is C13H19ClN2O4S2. The van der Waals surface area contributed by atoms with Gasteiger partial charge in [-0.05, 0) is 38.1 Å². The van der Waals surface area contributed by atoms with E-state index in [9.17, 15) is 16.8 Å². The summed E-state index contributed by atoms with van der Waals surface area (Å²) in [5.41, 5.74) is 0. The smallest absolute Gasteiger partial charge is 0.244 e. The summed E-state index contributed by atoms with van der Waals surface area (Å²) in [7, 11) is -5.57. The third kappa shape index (κ3) is 3.46. The van der Waals surface area contributed by atoms with Gasteiger partial charge in [-0.25, -0.2) is 16.8 Å². The van der Waals surface area contributed by atoms with E-state index in [-0.39, 0.29) is 20.9 Å². The lowest BCUT2D eigenvalue weighted by atomic mass is 10.2. The van der Waals surface area contributed by atoms with Gasteiger partial charge < -0.3 is 5.32 Å². The fourth-order valence-corrected chi connectivity index (χ4v) is 5.52. The number of sulfonamides is 1. The predicted octanol–water partition coefficient (Wildman–Crippen LogP) is 1.12. The van der Waals surface area contributed by atoms with Crippen molar-refractivity contribution in [1.29, 1.82) is 0 Å². The van der Waals surface area contributed by atoms with Gasteiger partial charge in [-0.15, -0.1) is 0 Å². The Labute approximate surface area is 136 Å². The first-order chi connectivity index (χ1) is 10.2. The van der Waals surface area contributed by atoms with Crippen molar-refractivity contribution >= 4 is 31.5 Å². The van der Waals surface area contributed by atoms with Crippen molar-refractivity contribution in [2.75, 3.05) is 26.4 Å². The standard InChI is InChI=1S/C13H19ClN2O4S2/c1-15-9-10-4-3-7-16(10)22(19,20)13-8-11(21(2,17)18)5-6-12(13)14/h5-6,8,10,15H,3-4,7,9H2,1-2H3. The molecule has 1 unspecified atom stereocenters. The molecule has 0 spiro atoms. The molecule has 0 aliphatic carbocycles. The third-order valence-corrected chi connectivity index (χ3v) is 7.22. The topological polar surface area (TPSA) is 83.6 Å². The summed E-state index contributed by atoms with van der Waals surface area (Å²) < 4.78 is 50.4. The number of hydrogen-bond acceptors (Lipinski definition) is 5. The lowest BCUT2D eigenvalue weighted by Gasteiger charge is -2.24. The lowest BCUT2D eigenvalue weighted by molar-refractivity contribution is 0.379. The number of rotatable bonds is 5. The van der Waals surface area contributed by atoms with Crippen LogP contribution in [0, 0.1) is 0 Å². The predicted molar refractivity (Wildman–Crippen MR) is 85.4 cm³/mol. The molecule has 0 bridgehead atoms. The summed E-state index contributed by atoms with van der Waals surface area (Å²) in [5, 5.41) is 3.01. The molecule has 1 heterocycles. The normalized spacial score (nSPS) is 20.4. The fraction of sp³-hybridized carbons (Fsp3) is 0.538. The highest BCUT2D eigenvalue weighted by molar-refractivity contribution is 7.91. The average Bonchev–Trinajstić information content (AvgIpc) is 2.87. The first-order valence-electron chi connectivity index (χ1n) is 6.84. The highest BCUT2D eigenvalue weighted by atomic mass is 35.5. The van der Waals surface area contributed by atoms with E-state index in [1.807, 2.05) is 0 Å². The minimum absolute atomic E-state index is 0.0301. The molecule has 1 aliphatic heterocycles. The van der Waals surface area contributed by atoms with Gasteiger partial charge in [0.05, 0.1) is 9.92 Å². The molecule has 2 rings (SSSR count). The number of likely N-dealkylation sites (N-methyl/N-ethyl adjacent to an activating group) is 1. The van der Waals surface area contributed by atoms with Crippen molar-refractivity contribution in [3.05, 3.63) is 23.2 Å². The van der Waals surface area contributed by atoms with Crippen LogP contribution in [0.25, 0.3) is 0 Å². The number of nitrogens with one attached hydrogen (secondary N) is 1. The minimum Gasteiger partial charge on any atom is -0.318 e. The van der Waals surface area contributed by atoms with E-state index in [0.717, 1.165) is 25.2 Å². The number of sulfone groups is 1. The second kappa shape index (κ2) is 6.45. The second-order valence-corrected chi connectivity index (χ2v) is 9.62. The molecule has 0 saturated carbocycles. The molecule has 0 amide bonds. The molecule has 0 aromatic heterocycles. The first kappa shape index (κ1) is 17.7. The van der Waals surface area contributed by atoms with E-state index in [1.165, 1.54) is 16.4 Å². The molecule has 0 radical (unpaired) electrons. The van der Waals surface area contributed by atoms with Crippen molar-refractivity contribution in [2.45, 2.75) is 28.7 Å². The fourth-order valence-electron chi connectivity index (χ4n) is 2.60. The molecule has 1 aliphatic rings. The molecule has 1 N–H and O–H groups in total. The Bertz CT molecular complexity index is 762. The van der Waals surface area contributed by atoms with Gasteiger partial charge in [0.15, 0.2) is 9.84 Å². The van der Waals surface area contributed by atoms with Gasteiger partial charge in [0.2, 0.25) is 10.0 Å². The zero-order valence-electron chi connectivity index (χ0n) is 12.4. The Kier molecular flexibility index (Phi) is 5.18. The van der Waals surface area contributed by atoms with Crippen LogP contribution >= 0.6 is 11.6 Å². The summed E-state index contributed by atoms with van der Waals surface area (Å²) in [5.74, 6) is 0. The van der Waals surface area contributed by atoms with Crippen LogP contribution in [0.1, 0.15) is 12.8 Å². The highest BCUT2D eigenvalue weighted by Crippen LogP contribution is 2.31. The van der Waals surface area contributed by atoms with Crippen LogP contribution < -0.4 is 5.32 Å². The molecule has 1 aromatic rings. The Morgan fingerprint density at radius 2 is 2.00 bits per heavy atom. The largest absolute Gasteiger partial charge is 0.318 e. The summed E-state index contributed by atoms with van der Waals surface area (Å²) in [4.78, 5) is -0.208. The zero-order chi connectivity index (χ0) is 16.5. The maximum Gasteiger partial charge on any atom is 0.244 e. The van der Waals surface area contributed by atoms with Crippen LogP contribution in [0.5, 0.6) is 0 Å². The van der Waals surface area contributed by atoms with Gasteiger partial charge >= 0.3 is 0 Å². The van der Waals surface area contributed by atoms with Crippen LogP contribution in [0.15, 0.2) is 28.0 Å². The molecule has 1 fully saturated rings. The van der Waals surface area contributed by atoms with E-state index in [1.54, 1.807) is 7.05 Å². The van der Waals surface area contributed by atoms with Crippen molar-refractivity contribution in [3.8, 4) is 0 Å². The number of halogens is 1. The van der Waals surface area contributed by atoms with Gasteiger partial charge in [0.25, 0.3) is 0 Å². The Balaban J connectivity index is 2.50. The van der Waals surface area contributed by atoms with Crippen LogP contribution in [-0.2, 0) is 19.9 Å². The van der Waals surface area contributed by atoms with E-state index in [2.05, 4.69) is 5.32 Å². The molecule has 9 heteroatoms. The average molecular weight is 367 g/mol. The molecule has 124 valence electrons. The quantitative estimate of drug-likeness (QED) is 0.844. The van der Waals surface area contributed by atoms with E-state index < -0.39 is 19.9 Å². The molecule has 1 saturated heterocycles. The molecule has 6 nitrogen and oxygen atoms in total. The SMILES string of the molecule is CNCC1CCCN1S(=O)(=O)c1cc(S(C)(=O)=O)ccc1Cl. The molecule has 1 aromatic carbocycles. The van der Waals surface area contributed by atoms with Gasteiger partial charge in [0.1, 0.15) is 4.90 Å². The summed E-state index contributed by atoms with van der Waals surface area (Å²) in [6, 6.07) is 3.62. The monoisotopic (exact) mass is 366 g/mol. The van der Waals surface area contributed by atoms with Gasteiger partial charge in [-0.2, -0.15) is 4.31 Å². The van der Waals surface area contributed by atoms with E-state index in [0.29, 0.717) is 13.1 Å². The summed E-state index contributed by atoms with van der Waals surface area (Å²) >= 11 is 6.02. The van der Waals surface area contributed by atoms with E-state index >= 15 is 0 Å². The van der Waals surface area contributed by atoms with E-state index in [4.69, 9.17) is 11.6 Å². The summed E-state index contributed by atoms with van der Waals surface area (Å²) in [6.07, 6.45) is 2.57. The Morgan fingerprint density at radius 3 is 2.59 bits per heavy atom. The van der Waals surface area contributed by atoms with Crippen molar-refractivity contribution in [3.63, 3.8) is 0 Å². The van der Waals surface area contributed by atoms with Gasteiger partial charge in [-0.3, -0.25) is 0 Å². The Hall–Kier alpha value is -0.670. The van der Waals surface area contributed by atoms with Crippen LogP contribution in [0.4, 0.5) is 0 Å². The maximum atomic E-state index is 12.8. The molecular weight excluding hydrogens is 348 g/mol.